The summed E-state index contributed by atoms with van der Waals surface area (Å²) in [6.45, 7) is 0. The number of hydrogen-bond acceptors (Lipinski definition) is 5. The lowest BCUT2D eigenvalue weighted by Crippen LogP contribution is -2.35. The minimum absolute atomic E-state index is 0.228. The highest BCUT2D eigenvalue weighted by Crippen LogP contribution is 2.27. The van der Waals surface area contributed by atoms with Crippen LogP contribution in [-0.4, -0.2) is 35.3 Å². The lowest BCUT2D eigenvalue weighted by molar-refractivity contribution is -0.138. The van der Waals surface area contributed by atoms with Gasteiger partial charge in [0.2, 0.25) is 0 Å². The largest absolute Gasteiger partial charge is 0.480 e. The maximum Gasteiger partial charge on any atom is 0.321 e. The molecular formula is C9H14N2O2S2. The van der Waals surface area contributed by atoms with Crippen LogP contribution < -0.4 is 10.6 Å². The standard InChI is InChI=1S/C9H14N2O2S2/c1-10-7(9(12)13)6-14-15-8-4-2-3-5-11-8/h2-5,7-8,10-11H,6H2,1H3,(H,12,13). The Morgan fingerprint density at radius 2 is 2.47 bits per heavy atom. The quantitative estimate of drug-likeness (QED) is 0.609. The molecule has 0 aromatic heterocycles. The van der Waals surface area contributed by atoms with Crippen LogP contribution in [0.15, 0.2) is 24.4 Å². The van der Waals surface area contributed by atoms with Crippen molar-refractivity contribution < 1.29 is 9.90 Å². The predicted molar refractivity (Wildman–Crippen MR) is 65.7 cm³/mol. The van der Waals surface area contributed by atoms with E-state index in [4.69, 9.17) is 5.11 Å². The molecular weight excluding hydrogens is 232 g/mol. The van der Waals surface area contributed by atoms with Crippen LogP contribution in [0.25, 0.3) is 0 Å². The molecule has 0 spiro atoms. The van der Waals surface area contributed by atoms with Gasteiger partial charge >= 0.3 is 5.97 Å². The third kappa shape index (κ3) is 4.63. The van der Waals surface area contributed by atoms with Crippen LogP contribution >= 0.6 is 21.6 Å². The Balaban J connectivity index is 2.17. The number of hydrogen-bond donors (Lipinski definition) is 3. The number of carbonyl (C=O) groups is 1. The van der Waals surface area contributed by atoms with Gasteiger partial charge in [0, 0.05) is 5.75 Å². The van der Waals surface area contributed by atoms with E-state index in [0.29, 0.717) is 5.75 Å². The summed E-state index contributed by atoms with van der Waals surface area (Å²) in [6.07, 6.45) is 7.81. The van der Waals surface area contributed by atoms with Gasteiger partial charge in [0.05, 0.1) is 0 Å². The molecule has 4 nitrogen and oxygen atoms in total. The maximum absolute atomic E-state index is 10.7. The normalized spacial score (nSPS) is 21.0. The maximum atomic E-state index is 10.7. The highest BCUT2D eigenvalue weighted by molar-refractivity contribution is 8.77. The molecule has 1 heterocycles. The van der Waals surface area contributed by atoms with E-state index in [1.54, 1.807) is 28.6 Å². The van der Waals surface area contributed by atoms with Gasteiger partial charge in [0.15, 0.2) is 0 Å². The van der Waals surface area contributed by atoms with Gasteiger partial charge in [-0.15, -0.1) is 0 Å². The number of aliphatic carboxylic acids is 1. The lowest BCUT2D eigenvalue weighted by atomic mass is 10.3. The van der Waals surface area contributed by atoms with Crippen molar-refractivity contribution in [1.82, 2.24) is 10.6 Å². The Morgan fingerprint density at radius 3 is 3.00 bits per heavy atom. The van der Waals surface area contributed by atoms with E-state index in [9.17, 15) is 4.79 Å². The monoisotopic (exact) mass is 246 g/mol. The molecule has 0 radical (unpaired) electrons. The predicted octanol–water partition coefficient (Wildman–Crippen LogP) is 1.04. The summed E-state index contributed by atoms with van der Waals surface area (Å²) in [5.74, 6) is -0.260. The summed E-state index contributed by atoms with van der Waals surface area (Å²) in [6, 6.07) is -0.481. The third-order valence-corrected chi connectivity index (χ3v) is 4.35. The molecule has 0 aliphatic carbocycles. The van der Waals surface area contributed by atoms with E-state index in [-0.39, 0.29) is 5.37 Å². The molecule has 3 N–H and O–H groups in total. The Kier molecular flexibility index (Phi) is 5.67. The first-order valence-electron chi connectivity index (χ1n) is 4.52. The minimum atomic E-state index is -0.808. The first-order valence-corrected chi connectivity index (χ1v) is 6.90. The molecule has 6 heteroatoms. The number of rotatable bonds is 6. The molecule has 0 aromatic rings. The smallest absolute Gasteiger partial charge is 0.321 e. The number of likely N-dealkylation sites (N-methyl/N-ethyl adjacent to an activating group) is 1. The second-order valence-electron chi connectivity index (χ2n) is 2.89. The molecule has 1 aliphatic rings. The van der Waals surface area contributed by atoms with Gasteiger partial charge in [0.25, 0.3) is 0 Å². The van der Waals surface area contributed by atoms with Crippen LogP contribution in [0.5, 0.6) is 0 Å². The molecule has 2 unspecified atom stereocenters. The zero-order valence-corrected chi connectivity index (χ0v) is 9.98. The van der Waals surface area contributed by atoms with Gasteiger partial charge in [-0.1, -0.05) is 33.7 Å². The third-order valence-electron chi connectivity index (χ3n) is 1.81. The lowest BCUT2D eigenvalue weighted by Gasteiger charge is -2.15. The molecule has 0 aromatic carbocycles. The Labute approximate surface area is 97.0 Å². The first kappa shape index (κ1) is 12.5. The fourth-order valence-electron chi connectivity index (χ4n) is 0.945. The fraction of sp³-hybridized carbons (Fsp3) is 0.444. The van der Waals surface area contributed by atoms with Crippen molar-refractivity contribution in [2.24, 2.45) is 0 Å². The summed E-state index contributed by atoms with van der Waals surface area (Å²) in [7, 11) is 4.83. The molecule has 0 saturated heterocycles. The first-order chi connectivity index (χ1) is 7.24. The van der Waals surface area contributed by atoms with Gasteiger partial charge < -0.3 is 15.7 Å². The van der Waals surface area contributed by atoms with Crippen LogP contribution in [-0.2, 0) is 4.79 Å². The van der Waals surface area contributed by atoms with E-state index >= 15 is 0 Å². The summed E-state index contributed by atoms with van der Waals surface area (Å²) in [5.41, 5.74) is 0. The summed E-state index contributed by atoms with van der Waals surface area (Å²) >= 11 is 0. The van der Waals surface area contributed by atoms with Gasteiger partial charge in [0.1, 0.15) is 11.4 Å². The van der Waals surface area contributed by atoms with Gasteiger partial charge in [-0.05, 0) is 19.3 Å². The Bertz CT molecular complexity index is 269. The SMILES string of the molecule is CNC(CSSC1C=CC=CN1)C(=O)O. The number of carboxylic acids is 1. The van der Waals surface area contributed by atoms with Crippen molar-refractivity contribution in [3.8, 4) is 0 Å². The average molecular weight is 246 g/mol. The van der Waals surface area contributed by atoms with Gasteiger partial charge in [-0.3, -0.25) is 4.79 Å². The van der Waals surface area contributed by atoms with Gasteiger partial charge in [-0.2, -0.15) is 0 Å². The molecule has 0 fully saturated rings. The summed E-state index contributed by atoms with van der Waals surface area (Å²) < 4.78 is 0. The number of carboxylic acid groups (broad SMARTS) is 1. The van der Waals surface area contributed by atoms with Crippen molar-refractivity contribution in [3.63, 3.8) is 0 Å². The number of nitrogens with one attached hydrogen (secondary N) is 2. The molecule has 15 heavy (non-hydrogen) atoms. The molecule has 0 bridgehead atoms. The highest BCUT2D eigenvalue weighted by atomic mass is 33.1. The number of dihydropyridines is 1. The average Bonchev–Trinajstić information content (AvgIpc) is 2.25. The van der Waals surface area contributed by atoms with Gasteiger partial charge in [-0.25, -0.2) is 0 Å². The summed E-state index contributed by atoms with van der Waals surface area (Å²) in [5, 5.41) is 14.9. The topological polar surface area (TPSA) is 61.4 Å². The molecule has 1 aliphatic heterocycles. The Morgan fingerprint density at radius 1 is 1.67 bits per heavy atom. The molecule has 84 valence electrons. The van der Waals surface area contributed by atoms with Crippen LogP contribution in [0.3, 0.4) is 0 Å². The summed E-state index contributed by atoms with van der Waals surface area (Å²) in [4.78, 5) is 10.7. The second-order valence-corrected chi connectivity index (χ2v) is 5.45. The van der Waals surface area contributed by atoms with Crippen LogP contribution in [0.4, 0.5) is 0 Å². The highest BCUT2D eigenvalue weighted by Gasteiger charge is 2.15. The van der Waals surface area contributed by atoms with E-state index in [1.807, 2.05) is 24.4 Å². The van der Waals surface area contributed by atoms with Crippen LogP contribution in [0.2, 0.25) is 0 Å². The van der Waals surface area contributed by atoms with Crippen molar-refractivity contribution in [1.29, 1.82) is 0 Å². The zero-order chi connectivity index (χ0) is 11.1. The fourth-order valence-corrected chi connectivity index (χ4v) is 3.35. The molecule has 0 saturated carbocycles. The number of allylic oxidation sites excluding steroid dienone is 2. The van der Waals surface area contributed by atoms with Crippen LogP contribution in [0.1, 0.15) is 0 Å². The Hall–Kier alpha value is -0.590. The van der Waals surface area contributed by atoms with Crippen molar-refractivity contribution >= 4 is 27.6 Å². The van der Waals surface area contributed by atoms with Crippen molar-refractivity contribution in [2.75, 3.05) is 12.8 Å². The minimum Gasteiger partial charge on any atom is -0.480 e. The van der Waals surface area contributed by atoms with E-state index in [1.165, 1.54) is 0 Å². The zero-order valence-electron chi connectivity index (χ0n) is 8.34. The van der Waals surface area contributed by atoms with Crippen LogP contribution in [0, 0.1) is 0 Å². The molecule has 1 rings (SSSR count). The van der Waals surface area contributed by atoms with E-state index in [0.717, 1.165) is 0 Å². The van der Waals surface area contributed by atoms with Crippen molar-refractivity contribution in [2.45, 2.75) is 11.4 Å². The van der Waals surface area contributed by atoms with E-state index < -0.39 is 12.0 Å². The van der Waals surface area contributed by atoms with E-state index in [2.05, 4.69) is 10.6 Å². The molecule has 2 atom stereocenters. The second kappa shape index (κ2) is 6.81. The van der Waals surface area contributed by atoms with Crippen molar-refractivity contribution in [3.05, 3.63) is 24.4 Å². The molecule has 0 amide bonds.